The molecule has 2 aromatic rings. The van der Waals surface area contributed by atoms with E-state index < -0.39 is 11.8 Å². The van der Waals surface area contributed by atoms with E-state index in [1.165, 1.54) is 12.1 Å². The van der Waals surface area contributed by atoms with Crippen molar-refractivity contribution in [2.75, 3.05) is 0 Å². The molecule has 0 aliphatic carbocycles. The molecule has 0 fully saturated rings. The van der Waals surface area contributed by atoms with Crippen LogP contribution in [0.15, 0.2) is 18.2 Å². The number of benzene rings is 1. The summed E-state index contributed by atoms with van der Waals surface area (Å²) in [5.41, 5.74) is 2.83. The van der Waals surface area contributed by atoms with E-state index in [1.807, 2.05) is 0 Å². The van der Waals surface area contributed by atoms with Crippen molar-refractivity contribution >= 4 is 5.97 Å². The summed E-state index contributed by atoms with van der Waals surface area (Å²) in [7, 11) is 0. The third-order valence-electron chi connectivity index (χ3n) is 3.34. The topological polar surface area (TPSA) is 78.9 Å². The summed E-state index contributed by atoms with van der Waals surface area (Å²) in [6.45, 7) is 3.92. The maximum Gasteiger partial charge on any atom is 0.307 e. The molecule has 0 spiro atoms. The molecule has 1 aromatic carbocycles. The van der Waals surface area contributed by atoms with E-state index in [4.69, 9.17) is 10.4 Å². The fourth-order valence-corrected chi connectivity index (χ4v) is 2.22. The number of nitrogens with zero attached hydrogens (tertiary/aromatic N) is 3. The largest absolute Gasteiger partial charge is 0.481 e. The molecule has 0 saturated carbocycles. The van der Waals surface area contributed by atoms with Crippen LogP contribution in [0, 0.1) is 31.0 Å². The van der Waals surface area contributed by atoms with Crippen LogP contribution >= 0.6 is 0 Å². The monoisotopic (exact) mass is 287 g/mol. The van der Waals surface area contributed by atoms with Crippen LogP contribution in [0.4, 0.5) is 4.39 Å². The van der Waals surface area contributed by atoms with Crippen LogP contribution < -0.4 is 0 Å². The predicted molar refractivity (Wildman–Crippen MR) is 73.3 cm³/mol. The Morgan fingerprint density at radius 1 is 1.48 bits per heavy atom. The maximum absolute atomic E-state index is 13.3. The smallest absolute Gasteiger partial charge is 0.307 e. The molecule has 5 nitrogen and oxygen atoms in total. The number of hydrogen-bond acceptors (Lipinski definition) is 3. The molecular weight excluding hydrogens is 273 g/mol. The molecule has 0 atom stereocenters. The van der Waals surface area contributed by atoms with Gasteiger partial charge in [0.05, 0.1) is 24.2 Å². The molecule has 21 heavy (non-hydrogen) atoms. The number of rotatable bonds is 4. The first-order valence-corrected chi connectivity index (χ1v) is 6.35. The number of carbonyl (C=O) groups is 1. The minimum Gasteiger partial charge on any atom is -0.481 e. The molecule has 1 N–H and O–H groups in total. The van der Waals surface area contributed by atoms with Crippen LogP contribution in [0.25, 0.3) is 0 Å². The zero-order valence-electron chi connectivity index (χ0n) is 11.7. The van der Waals surface area contributed by atoms with E-state index in [1.54, 1.807) is 30.7 Å². The normalized spacial score (nSPS) is 10.4. The minimum absolute atomic E-state index is 0.0141. The third-order valence-corrected chi connectivity index (χ3v) is 3.34. The first kappa shape index (κ1) is 14.7. The van der Waals surface area contributed by atoms with Crippen molar-refractivity contribution < 1.29 is 14.3 Å². The first-order chi connectivity index (χ1) is 9.92. The average molecular weight is 287 g/mol. The fourth-order valence-electron chi connectivity index (χ4n) is 2.22. The number of aryl methyl sites for hydroxylation is 1. The summed E-state index contributed by atoms with van der Waals surface area (Å²) >= 11 is 0. The molecule has 0 aliphatic heterocycles. The van der Waals surface area contributed by atoms with Gasteiger partial charge in [-0.3, -0.25) is 9.48 Å². The lowest BCUT2D eigenvalue weighted by atomic mass is 10.1. The van der Waals surface area contributed by atoms with E-state index in [0.29, 0.717) is 17.8 Å². The molecule has 0 amide bonds. The van der Waals surface area contributed by atoms with E-state index in [9.17, 15) is 9.18 Å². The number of aliphatic carboxylic acids is 1. The number of carboxylic acid groups (broad SMARTS) is 1. The van der Waals surface area contributed by atoms with Crippen LogP contribution in [0.2, 0.25) is 0 Å². The number of nitriles is 1. The Balaban J connectivity index is 2.32. The third kappa shape index (κ3) is 3.08. The Labute approximate surface area is 121 Å². The fraction of sp³-hybridized carbons (Fsp3) is 0.267. The highest BCUT2D eigenvalue weighted by Crippen LogP contribution is 2.17. The Hall–Kier alpha value is -2.68. The Morgan fingerprint density at radius 3 is 2.81 bits per heavy atom. The van der Waals surface area contributed by atoms with E-state index in [0.717, 1.165) is 11.3 Å². The molecule has 0 unspecified atom stereocenters. The van der Waals surface area contributed by atoms with Crippen molar-refractivity contribution in [2.24, 2.45) is 0 Å². The second-order valence-corrected chi connectivity index (χ2v) is 4.80. The van der Waals surface area contributed by atoms with Gasteiger partial charge in [0.1, 0.15) is 11.9 Å². The van der Waals surface area contributed by atoms with E-state index in [-0.39, 0.29) is 12.0 Å². The number of halogens is 1. The quantitative estimate of drug-likeness (QED) is 0.934. The van der Waals surface area contributed by atoms with Gasteiger partial charge in [0.15, 0.2) is 0 Å². The molecular formula is C15H14FN3O2. The van der Waals surface area contributed by atoms with Gasteiger partial charge in [-0.1, -0.05) is 6.07 Å². The van der Waals surface area contributed by atoms with Gasteiger partial charge in [-0.25, -0.2) is 4.39 Å². The summed E-state index contributed by atoms with van der Waals surface area (Å²) in [4.78, 5) is 10.8. The molecule has 0 aliphatic rings. The molecule has 1 aromatic heterocycles. The Bertz CT molecular complexity index is 744. The van der Waals surface area contributed by atoms with Crippen LogP contribution in [-0.4, -0.2) is 20.9 Å². The highest BCUT2D eigenvalue weighted by molar-refractivity contribution is 5.70. The Kier molecular flexibility index (Phi) is 4.03. The summed E-state index contributed by atoms with van der Waals surface area (Å²) in [5, 5.41) is 22.0. The van der Waals surface area contributed by atoms with Crippen molar-refractivity contribution in [3.8, 4) is 6.07 Å². The second-order valence-electron chi connectivity index (χ2n) is 4.80. The van der Waals surface area contributed by atoms with Gasteiger partial charge in [-0.15, -0.1) is 0 Å². The minimum atomic E-state index is -0.908. The number of carboxylic acids is 1. The maximum atomic E-state index is 13.3. The molecule has 108 valence electrons. The molecule has 0 radical (unpaired) electrons. The van der Waals surface area contributed by atoms with Crippen molar-refractivity contribution in [1.29, 1.82) is 5.26 Å². The first-order valence-electron chi connectivity index (χ1n) is 6.35. The van der Waals surface area contributed by atoms with Gasteiger partial charge < -0.3 is 5.11 Å². The standard InChI is InChI=1S/C15H14FN3O2/c1-9-13(6-15(20)21)10(2)19(18-9)8-11-3-4-14(16)12(5-11)7-17/h3-5H,6,8H2,1-2H3,(H,20,21). The van der Waals surface area contributed by atoms with Gasteiger partial charge in [0.2, 0.25) is 0 Å². The lowest BCUT2D eigenvalue weighted by molar-refractivity contribution is -0.136. The molecule has 0 saturated heterocycles. The van der Waals surface area contributed by atoms with Gasteiger partial charge in [-0.2, -0.15) is 10.4 Å². The highest BCUT2D eigenvalue weighted by atomic mass is 19.1. The molecule has 0 bridgehead atoms. The number of hydrogen-bond donors (Lipinski definition) is 1. The summed E-state index contributed by atoms with van der Waals surface area (Å²) in [5.74, 6) is -1.46. The van der Waals surface area contributed by atoms with Crippen molar-refractivity contribution in [3.63, 3.8) is 0 Å². The second kappa shape index (κ2) is 5.75. The SMILES string of the molecule is Cc1nn(Cc2ccc(F)c(C#N)c2)c(C)c1CC(=O)O. The van der Waals surface area contributed by atoms with Gasteiger partial charge >= 0.3 is 5.97 Å². The lowest BCUT2D eigenvalue weighted by Gasteiger charge is -2.06. The number of aromatic nitrogens is 2. The zero-order chi connectivity index (χ0) is 15.6. The van der Waals surface area contributed by atoms with Crippen LogP contribution in [0.5, 0.6) is 0 Å². The van der Waals surface area contributed by atoms with E-state index >= 15 is 0 Å². The van der Waals surface area contributed by atoms with Gasteiger partial charge in [0, 0.05) is 11.3 Å². The molecule has 6 heteroatoms. The molecule has 2 rings (SSSR count). The lowest BCUT2D eigenvalue weighted by Crippen LogP contribution is -2.06. The highest BCUT2D eigenvalue weighted by Gasteiger charge is 2.15. The van der Waals surface area contributed by atoms with Crippen LogP contribution in [0.1, 0.15) is 28.1 Å². The van der Waals surface area contributed by atoms with Gasteiger partial charge in [0.25, 0.3) is 0 Å². The van der Waals surface area contributed by atoms with Crippen molar-refractivity contribution in [2.45, 2.75) is 26.8 Å². The van der Waals surface area contributed by atoms with Crippen LogP contribution in [-0.2, 0) is 17.8 Å². The Morgan fingerprint density at radius 2 is 2.19 bits per heavy atom. The summed E-state index contributed by atoms with van der Waals surface area (Å²) in [6.07, 6.45) is -0.0788. The summed E-state index contributed by atoms with van der Waals surface area (Å²) in [6, 6.07) is 6.11. The van der Waals surface area contributed by atoms with E-state index in [2.05, 4.69) is 5.10 Å². The van der Waals surface area contributed by atoms with Crippen molar-refractivity contribution in [1.82, 2.24) is 9.78 Å². The molecule has 1 heterocycles. The zero-order valence-corrected chi connectivity index (χ0v) is 11.7. The average Bonchev–Trinajstić information content (AvgIpc) is 2.68. The predicted octanol–water partition coefficient (Wildman–Crippen LogP) is 2.19. The van der Waals surface area contributed by atoms with Crippen molar-refractivity contribution in [3.05, 3.63) is 52.1 Å². The van der Waals surface area contributed by atoms with Gasteiger partial charge in [-0.05, 0) is 31.5 Å². The van der Waals surface area contributed by atoms with Crippen LogP contribution in [0.3, 0.4) is 0 Å². The summed E-state index contributed by atoms with van der Waals surface area (Å²) < 4.78 is 15.0.